The molecule has 0 bridgehead atoms. The highest BCUT2D eigenvalue weighted by Gasteiger charge is 2.08. The van der Waals surface area contributed by atoms with Gasteiger partial charge in [0.2, 0.25) is 5.91 Å². The molecule has 1 aromatic rings. The average Bonchev–Trinajstić information content (AvgIpc) is 2.25. The average molecular weight is 320 g/mol. The normalized spacial score (nSPS) is 9.82. The van der Waals surface area contributed by atoms with Crippen LogP contribution in [0.15, 0.2) is 22.7 Å². The molecule has 0 aromatic heterocycles. The Hall–Kier alpha value is -1.07. The van der Waals surface area contributed by atoms with Crippen LogP contribution in [0.25, 0.3) is 0 Å². The lowest BCUT2D eigenvalue weighted by Crippen LogP contribution is -2.36. The molecule has 0 radical (unpaired) electrons. The second kappa shape index (κ2) is 6.61. The van der Waals surface area contributed by atoms with Gasteiger partial charge >= 0.3 is 0 Å². The zero-order valence-electron chi connectivity index (χ0n) is 9.22. The van der Waals surface area contributed by atoms with Gasteiger partial charge in [0.15, 0.2) is 0 Å². The maximum Gasteiger partial charge on any atom is 0.251 e. The molecule has 1 rings (SSSR count). The summed E-state index contributed by atoms with van der Waals surface area (Å²) in [6, 6.07) is 4.86. The maximum atomic E-state index is 11.7. The number of likely N-dealkylation sites (N-methyl/N-ethyl adjacent to an activating group) is 1. The van der Waals surface area contributed by atoms with Crippen LogP contribution in [0.3, 0.4) is 0 Å². The molecule has 0 fully saturated rings. The van der Waals surface area contributed by atoms with Gasteiger partial charge < -0.3 is 10.6 Å². The number of hydrogen-bond donors (Lipinski definition) is 2. The van der Waals surface area contributed by atoms with E-state index in [0.29, 0.717) is 21.6 Å². The van der Waals surface area contributed by atoms with Crippen LogP contribution in [0.5, 0.6) is 0 Å². The second-order valence-corrected chi connectivity index (χ2v) is 4.65. The monoisotopic (exact) mass is 318 g/mol. The van der Waals surface area contributed by atoms with E-state index in [2.05, 4.69) is 26.6 Å². The molecule has 2 amide bonds. The Balaban J connectivity index is 2.61. The van der Waals surface area contributed by atoms with Gasteiger partial charge in [-0.05, 0) is 25.1 Å². The third-order valence-corrected chi connectivity index (χ3v) is 2.58. The molecule has 2 N–H and O–H groups in total. The first kappa shape index (κ1) is 14.0. The summed E-state index contributed by atoms with van der Waals surface area (Å²) in [5.74, 6) is -0.554. The molecule has 4 nitrogen and oxygen atoms in total. The van der Waals surface area contributed by atoms with Gasteiger partial charge in [-0.15, -0.1) is 0 Å². The Morgan fingerprint density at radius 1 is 1.29 bits per heavy atom. The fourth-order valence-corrected chi connectivity index (χ4v) is 2.07. The predicted octanol–water partition coefficient (Wildman–Crippen LogP) is 1.97. The van der Waals surface area contributed by atoms with Crippen molar-refractivity contribution in [1.29, 1.82) is 0 Å². The largest absolute Gasteiger partial charge is 0.355 e. The van der Waals surface area contributed by atoms with Gasteiger partial charge in [-0.3, -0.25) is 9.59 Å². The van der Waals surface area contributed by atoms with Gasteiger partial charge in [0.05, 0.1) is 6.54 Å². The number of carbonyl (C=O) groups is 2. The van der Waals surface area contributed by atoms with E-state index < -0.39 is 0 Å². The highest BCUT2D eigenvalue weighted by Crippen LogP contribution is 2.19. The molecule has 17 heavy (non-hydrogen) atoms. The number of carbonyl (C=O) groups excluding carboxylic acids is 2. The third-order valence-electron chi connectivity index (χ3n) is 1.91. The third kappa shape index (κ3) is 4.75. The number of nitrogens with one attached hydrogen (secondary N) is 2. The molecule has 0 aliphatic rings. The molecule has 0 unspecified atom stereocenters. The number of benzene rings is 1. The molecule has 92 valence electrons. The number of rotatable bonds is 4. The van der Waals surface area contributed by atoms with Gasteiger partial charge in [0.1, 0.15) is 0 Å². The fourth-order valence-electron chi connectivity index (χ4n) is 1.21. The highest BCUT2D eigenvalue weighted by atomic mass is 79.9. The lowest BCUT2D eigenvalue weighted by atomic mass is 10.2. The van der Waals surface area contributed by atoms with Crippen LogP contribution in [0.2, 0.25) is 5.02 Å². The summed E-state index contributed by atoms with van der Waals surface area (Å²) >= 11 is 9.06. The smallest absolute Gasteiger partial charge is 0.251 e. The molecular weight excluding hydrogens is 307 g/mol. The Labute approximate surface area is 113 Å². The van der Waals surface area contributed by atoms with Gasteiger partial charge in [-0.25, -0.2) is 0 Å². The van der Waals surface area contributed by atoms with Crippen LogP contribution in [0, 0.1) is 0 Å². The van der Waals surface area contributed by atoms with Crippen molar-refractivity contribution in [3.63, 3.8) is 0 Å². The maximum absolute atomic E-state index is 11.7. The minimum absolute atomic E-state index is 0.0448. The summed E-state index contributed by atoms with van der Waals surface area (Å²) in [5.41, 5.74) is 0.411. The van der Waals surface area contributed by atoms with Gasteiger partial charge in [0, 0.05) is 21.6 Å². The zero-order chi connectivity index (χ0) is 12.8. The molecule has 0 saturated carbocycles. The van der Waals surface area contributed by atoms with Crippen molar-refractivity contribution >= 4 is 39.3 Å². The summed E-state index contributed by atoms with van der Waals surface area (Å²) in [6.45, 7) is 2.31. The Morgan fingerprint density at radius 2 is 2.00 bits per heavy atom. The van der Waals surface area contributed by atoms with Crippen LogP contribution in [0.1, 0.15) is 17.3 Å². The summed E-state index contributed by atoms with van der Waals surface area (Å²) in [5, 5.41) is 5.55. The van der Waals surface area contributed by atoms with Crippen molar-refractivity contribution in [2.24, 2.45) is 0 Å². The van der Waals surface area contributed by atoms with E-state index in [0.717, 1.165) is 0 Å². The number of halogens is 2. The fraction of sp³-hybridized carbons (Fsp3) is 0.273. The summed E-state index contributed by atoms with van der Waals surface area (Å²) in [7, 11) is 0. The first-order chi connectivity index (χ1) is 8.02. The van der Waals surface area contributed by atoms with Gasteiger partial charge in [-0.1, -0.05) is 27.5 Å². The lowest BCUT2D eigenvalue weighted by molar-refractivity contribution is -0.120. The van der Waals surface area contributed by atoms with Crippen LogP contribution >= 0.6 is 27.5 Å². The molecule has 0 saturated heterocycles. The number of hydrogen-bond acceptors (Lipinski definition) is 2. The highest BCUT2D eigenvalue weighted by molar-refractivity contribution is 9.10. The van der Waals surface area contributed by atoms with E-state index in [1.54, 1.807) is 18.2 Å². The first-order valence-corrected chi connectivity index (χ1v) is 6.21. The van der Waals surface area contributed by atoms with E-state index in [1.807, 2.05) is 6.92 Å². The Morgan fingerprint density at radius 3 is 2.59 bits per heavy atom. The second-order valence-electron chi connectivity index (χ2n) is 3.29. The molecular formula is C11H12BrClN2O2. The quantitative estimate of drug-likeness (QED) is 0.891. The van der Waals surface area contributed by atoms with Crippen molar-refractivity contribution in [1.82, 2.24) is 10.6 Å². The summed E-state index contributed by atoms with van der Waals surface area (Å²) in [6.07, 6.45) is 0. The van der Waals surface area contributed by atoms with Gasteiger partial charge in [-0.2, -0.15) is 0 Å². The molecule has 0 spiro atoms. The summed E-state index contributed by atoms with van der Waals surface area (Å²) in [4.78, 5) is 22.8. The molecule has 0 heterocycles. The van der Waals surface area contributed by atoms with Crippen molar-refractivity contribution in [3.05, 3.63) is 33.3 Å². The zero-order valence-corrected chi connectivity index (χ0v) is 11.6. The minimum Gasteiger partial charge on any atom is -0.355 e. The molecule has 0 aliphatic heterocycles. The van der Waals surface area contributed by atoms with E-state index in [9.17, 15) is 9.59 Å². The molecule has 0 atom stereocenters. The van der Waals surface area contributed by atoms with E-state index in [4.69, 9.17) is 11.6 Å². The van der Waals surface area contributed by atoms with Gasteiger partial charge in [0.25, 0.3) is 5.91 Å². The topological polar surface area (TPSA) is 58.2 Å². The Bertz CT molecular complexity index is 417. The standard InChI is InChI=1S/C11H12BrClN2O2/c1-2-14-10(16)6-15-11(17)7-3-8(12)5-9(13)4-7/h3-5H,2,6H2,1H3,(H,14,16)(H,15,17). The van der Waals surface area contributed by atoms with Crippen LogP contribution < -0.4 is 10.6 Å². The molecule has 1 aromatic carbocycles. The molecule has 6 heteroatoms. The van der Waals surface area contributed by atoms with Crippen molar-refractivity contribution in [2.45, 2.75) is 6.92 Å². The van der Waals surface area contributed by atoms with Crippen LogP contribution in [-0.2, 0) is 4.79 Å². The summed E-state index contributed by atoms with van der Waals surface area (Å²) < 4.78 is 0.716. The van der Waals surface area contributed by atoms with E-state index >= 15 is 0 Å². The number of amides is 2. The first-order valence-electron chi connectivity index (χ1n) is 5.04. The van der Waals surface area contributed by atoms with E-state index in [-0.39, 0.29) is 18.4 Å². The van der Waals surface area contributed by atoms with E-state index in [1.165, 1.54) is 0 Å². The predicted molar refractivity (Wildman–Crippen MR) is 70.2 cm³/mol. The Kier molecular flexibility index (Phi) is 5.44. The van der Waals surface area contributed by atoms with Crippen LogP contribution in [-0.4, -0.2) is 24.9 Å². The SMILES string of the molecule is CCNC(=O)CNC(=O)c1cc(Cl)cc(Br)c1. The van der Waals surface area contributed by atoms with Crippen LogP contribution in [0.4, 0.5) is 0 Å². The minimum atomic E-state index is -0.334. The van der Waals surface area contributed by atoms with Crippen molar-refractivity contribution in [2.75, 3.05) is 13.1 Å². The lowest BCUT2D eigenvalue weighted by Gasteiger charge is -2.06. The van der Waals surface area contributed by atoms with Crippen molar-refractivity contribution in [3.8, 4) is 0 Å². The molecule has 0 aliphatic carbocycles. The van der Waals surface area contributed by atoms with Crippen molar-refractivity contribution < 1.29 is 9.59 Å².